The largest absolute Gasteiger partial charge is 0.495 e. The second kappa shape index (κ2) is 11.8. The second-order valence-corrected chi connectivity index (χ2v) is 10.4. The van der Waals surface area contributed by atoms with Crippen LogP contribution in [0.4, 0.5) is 5.69 Å². The molecule has 0 unspecified atom stereocenters. The highest BCUT2D eigenvalue weighted by Crippen LogP contribution is 2.36. The van der Waals surface area contributed by atoms with Crippen LogP contribution in [-0.4, -0.2) is 59.7 Å². The van der Waals surface area contributed by atoms with Gasteiger partial charge in [-0.15, -0.1) is 0 Å². The van der Waals surface area contributed by atoms with Gasteiger partial charge in [-0.3, -0.25) is 4.79 Å². The number of anilines is 1. The molecule has 11 heteroatoms. The number of hydrogen-bond donors (Lipinski definition) is 1. The summed E-state index contributed by atoms with van der Waals surface area (Å²) in [5, 5.41) is 3.07. The summed E-state index contributed by atoms with van der Waals surface area (Å²) in [5.41, 5.74) is 0.325. The molecule has 0 bridgehead atoms. The monoisotopic (exact) mass is 526 g/mol. The van der Waals surface area contributed by atoms with Crippen molar-refractivity contribution in [3.05, 3.63) is 35.4 Å². The first-order valence-electron chi connectivity index (χ1n) is 11.2. The molecule has 2 aromatic rings. The first-order valence-corrected chi connectivity index (χ1v) is 13.0. The summed E-state index contributed by atoms with van der Waals surface area (Å²) in [6, 6.07) is 7.17. The fourth-order valence-electron chi connectivity index (χ4n) is 4.18. The zero-order valence-electron chi connectivity index (χ0n) is 20.3. The standard InChI is InChI=1S/C24H31ClN2O7S/c1-31-20-11-10-17(12-23(20)34-4)35(29,30)27(16-8-6-5-7-9-16)15-24(28)26-19-14-21(32-2)18(25)13-22(19)33-3/h10-14,16H,5-9,15H2,1-4H3,(H,26,28). The lowest BCUT2D eigenvalue weighted by atomic mass is 9.95. The van der Waals surface area contributed by atoms with E-state index >= 15 is 0 Å². The molecule has 1 aliphatic carbocycles. The topological polar surface area (TPSA) is 103 Å². The third-order valence-corrected chi connectivity index (χ3v) is 8.18. The van der Waals surface area contributed by atoms with Crippen molar-refractivity contribution in [1.82, 2.24) is 4.31 Å². The van der Waals surface area contributed by atoms with Gasteiger partial charge in [0.1, 0.15) is 11.5 Å². The lowest BCUT2D eigenvalue weighted by Gasteiger charge is -2.33. The molecule has 1 amide bonds. The van der Waals surface area contributed by atoms with Crippen molar-refractivity contribution in [3.8, 4) is 23.0 Å². The van der Waals surface area contributed by atoms with Crippen LogP contribution in [0.25, 0.3) is 0 Å². The van der Waals surface area contributed by atoms with Gasteiger partial charge in [-0.25, -0.2) is 8.42 Å². The van der Waals surface area contributed by atoms with Crippen LogP contribution in [0.3, 0.4) is 0 Å². The summed E-state index contributed by atoms with van der Waals surface area (Å²) in [6.07, 6.45) is 4.18. The van der Waals surface area contributed by atoms with Gasteiger partial charge in [0.2, 0.25) is 15.9 Å². The Balaban J connectivity index is 1.93. The Morgan fingerprint density at radius 1 is 0.914 bits per heavy atom. The molecule has 0 saturated heterocycles. The molecule has 192 valence electrons. The van der Waals surface area contributed by atoms with Crippen LogP contribution in [0.2, 0.25) is 5.02 Å². The van der Waals surface area contributed by atoms with E-state index in [1.165, 1.54) is 63.1 Å². The molecule has 0 atom stereocenters. The number of carbonyl (C=O) groups excluding carboxylic acids is 1. The molecular formula is C24H31ClN2O7S. The average Bonchev–Trinajstić information content (AvgIpc) is 2.87. The molecule has 0 radical (unpaired) electrons. The van der Waals surface area contributed by atoms with Crippen LogP contribution in [0.15, 0.2) is 35.2 Å². The number of nitrogens with zero attached hydrogens (tertiary/aromatic N) is 1. The number of carbonyl (C=O) groups is 1. The summed E-state index contributed by atoms with van der Waals surface area (Å²) >= 11 is 6.15. The molecule has 0 spiro atoms. The van der Waals surface area contributed by atoms with Gasteiger partial charge in [-0.05, 0) is 25.0 Å². The van der Waals surface area contributed by atoms with Gasteiger partial charge in [0, 0.05) is 24.2 Å². The summed E-state index contributed by atoms with van der Waals surface area (Å²) < 4.78 is 49.8. The zero-order valence-corrected chi connectivity index (χ0v) is 21.9. The highest BCUT2D eigenvalue weighted by atomic mass is 35.5. The minimum Gasteiger partial charge on any atom is -0.495 e. The zero-order chi connectivity index (χ0) is 25.6. The third kappa shape index (κ3) is 6.12. The Bertz CT molecular complexity index is 1150. The van der Waals surface area contributed by atoms with Crippen LogP contribution >= 0.6 is 11.6 Å². The van der Waals surface area contributed by atoms with E-state index in [0.29, 0.717) is 46.5 Å². The van der Waals surface area contributed by atoms with Gasteiger partial charge in [-0.1, -0.05) is 30.9 Å². The van der Waals surface area contributed by atoms with Gasteiger partial charge >= 0.3 is 0 Å². The van der Waals surface area contributed by atoms with Crippen molar-refractivity contribution in [2.24, 2.45) is 0 Å². The minimum absolute atomic E-state index is 0.0271. The molecule has 2 aromatic carbocycles. The second-order valence-electron chi connectivity index (χ2n) is 8.09. The molecule has 1 fully saturated rings. The number of amides is 1. The summed E-state index contributed by atoms with van der Waals surface area (Å²) in [7, 11) is 1.80. The molecule has 1 saturated carbocycles. The molecule has 1 N–H and O–H groups in total. The average molecular weight is 527 g/mol. The van der Waals surface area contributed by atoms with Crippen molar-refractivity contribution in [2.75, 3.05) is 40.3 Å². The van der Waals surface area contributed by atoms with Crippen LogP contribution in [-0.2, 0) is 14.8 Å². The SMILES string of the molecule is COc1cc(NC(=O)CN(C2CCCCC2)S(=O)(=O)c2ccc(OC)c(OC)c2)c(OC)cc1Cl. The maximum absolute atomic E-state index is 13.7. The van der Waals surface area contributed by atoms with Crippen LogP contribution in [0, 0.1) is 0 Å². The lowest BCUT2D eigenvalue weighted by Crippen LogP contribution is -2.45. The maximum atomic E-state index is 13.7. The molecule has 35 heavy (non-hydrogen) atoms. The predicted octanol–water partition coefficient (Wildman–Crippen LogP) is 4.34. The van der Waals surface area contributed by atoms with E-state index in [9.17, 15) is 13.2 Å². The number of methoxy groups -OCH3 is 4. The fraction of sp³-hybridized carbons (Fsp3) is 0.458. The summed E-state index contributed by atoms with van der Waals surface area (Å²) in [4.78, 5) is 13.2. The van der Waals surface area contributed by atoms with Gasteiger partial charge in [0.05, 0.1) is 50.6 Å². The molecule has 9 nitrogen and oxygen atoms in total. The smallest absolute Gasteiger partial charge is 0.243 e. The van der Waals surface area contributed by atoms with E-state index in [1.807, 2.05) is 0 Å². The molecule has 1 aliphatic rings. The number of sulfonamides is 1. The van der Waals surface area contributed by atoms with Gasteiger partial charge in [0.25, 0.3) is 0 Å². The number of nitrogens with one attached hydrogen (secondary N) is 1. The molecule has 0 heterocycles. The van der Waals surface area contributed by atoms with Crippen molar-refractivity contribution < 1.29 is 32.2 Å². The minimum atomic E-state index is -4.02. The van der Waals surface area contributed by atoms with E-state index in [0.717, 1.165) is 19.3 Å². The number of halogens is 1. The predicted molar refractivity (Wildman–Crippen MR) is 133 cm³/mol. The number of benzene rings is 2. The van der Waals surface area contributed by atoms with E-state index < -0.39 is 15.9 Å². The van der Waals surface area contributed by atoms with E-state index in [1.54, 1.807) is 0 Å². The third-order valence-electron chi connectivity index (χ3n) is 5.99. The lowest BCUT2D eigenvalue weighted by molar-refractivity contribution is -0.116. The Morgan fingerprint density at radius 2 is 1.54 bits per heavy atom. The first-order chi connectivity index (χ1) is 16.7. The number of hydrogen-bond acceptors (Lipinski definition) is 7. The van der Waals surface area contributed by atoms with Crippen LogP contribution in [0.5, 0.6) is 23.0 Å². The van der Waals surface area contributed by atoms with Crippen molar-refractivity contribution >= 4 is 33.2 Å². The Hall–Kier alpha value is -2.69. The number of ether oxygens (including phenoxy) is 4. The fourth-order valence-corrected chi connectivity index (χ4v) is 6.07. The highest BCUT2D eigenvalue weighted by Gasteiger charge is 2.34. The summed E-state index contributed by atoms with van der Waals surface area (Å²) in [6.45, 7) is -0.366. The van der Waals surface area contributed by atoms with Crippen molar-refractivity contribution in [1.29, 1.82) is 0 Å². The maximum Gasteiger partial charge on any atom is 0.243 e. The summed E-state index contributed by atoms with van der Waals surface area (Å²) in [5.74, 6) is 0.875. The first kappa shape index (κ1) is 26.9. The van der Waals surface area contributed by atoms with Gasteiger partial charge in [-0.2, -0.15) is 4.31 Å². The van der Waals surface area contributed by atoms with Crippen LogP contribution in [0.1, 0.15) is 32.1 Å². The van der Waals surface area contributed by atoms with Gasteiger partial charge in [0.15, 0.2) is 11.5 Å². The Morgan fingerprint density at radius 3 is 2.14 bits per heavy atom. The molecular weight excluding hydrogens is 496 g/mol. The van der Waals surface area contributed by atoms with Gasteiger partial charge < -0.3 is 24.3 Å². The van der Waals surface area contributed by atoms with Crippen molar-refractivity contribution in [3.63, 3.8) is 0 Å². The Kier molecular flexibility index (Phi) is 9.09. The van der Waals surface area contributed by atoms with Crippen molar-refractivity contribution in [2.45, 2.75) is 43.0 Å². The molecule has 0 aliphatic heterocycles. The molecule has 3 rings (SSSR count). The normalized spacial score (nSPS) is 14.5. The molecule has 0 aromatic heterocycles. The Labute approximate surface area is 211 Å². The van der Waals surface area contributed by atoms with E-state index in [2.05, 4.69) is 5.32 Å². The van der Waals surface area contributed by atoms with E-state index in [4.69, 9.17) is 30.5 Å². The number of rotatable bonds is 10. The van der Waals surface area contributed by atoms with E-state index in [-0.39, 0.29) is 17.5 Å². The quantitative estimate of drug-likeness (QED) is 0.491. The highest BCUT2D eigenvalue weighted by molar-refractivity contribution is 7.89. The van der Waals surface area contributed by atoms with Crippen LogP contribution < -0.4 is 24.3 Å².